The fraction of sp³-hybridized carbons (Fsp3) is 0.377. The maximum absolute atomic E-state index is 11.7. The van der Waals surface area contributed by atoms with Gasteiger partial charge in [-0.2, -0.15) is 0 Å². The van der Waals surface area contributed by atoms with Crippen LogP contribution in [0.2, 0.25) is 0 Å². The number of carbonyl (C=O) groups is 3. The minimum atomic E-state index is 0. The summed E-state index contributed by atoms with van der Waals surface area (Å²) in [5.74, 6) is 2.29. The first-order valence-electron chi connectivity index (χ1n) is 49.1. The van der Waals surface area contributed by atoms with Crippen LogP contribution in [0.3, 0.4) is 0 Å². The van der Waals surface area contributed by atoms with Crippen LogP contribution in [0.5, 0.6) is 0 Å². The molecule has 0 bridgehead atoms. The molecule has 9 nitrogen and oxygen atoms in total. The Balaban J connectivity index is 0.000000208. The second-order valence-electron chi connectivity index (χ2n) is 39.2. The van der Waals surface area contributed by atoms with Crippen molar-refractivity contribution in [1.29, 1.82) is 0 Å². The summed E-state index contributed by atoms with van der Waals surface area (Å²) >= 11 is 5.51. The Bertz CT molecular complexity index is 6730. The van der Waals surface area contributed by atoms with Crippen LogP contribution in [0.1, 0.15) is 259 Å². The molecule has 0 unspecified atom stereocenters. The smallest absolute Gasteiger partial charge is 0.162 e. The number of rotatable bonds is 26. The third-order valence-electron chi connectivity index (χ3n) is 26.4. The molecule has 0 atom stereocenters. The van der Waals surface area contributed by atoms with Crippen LogP contribution in [0.15, 0.2) is 242 Å². The van der Waals surface area contributed by atoms with E-state index in [4.69, 9.17) is 15.0 Å². The van der Waals surface area contributed by atoms with Gasteiger partial charge in [0.1, 0.15) is 0 Å². The van der Waals surface area contributed by atoms with E-state index in [2.05, 4.69) is 288 Å². The van der Waals surface area contributed by atoms with Gasteiger partial charge in [-0.3, -0.25) is 29.3 Å². The van der Waals surface area contributed by atoms with Gasteiger partial charge in [0, 0.05) is 189 Å². The number of pyridine rings is 3. The zero-order valence-corrected chi connectivity index (χ0v) is 94.4. The maximum Gasteiger partial charge on any atom is 0.162 e. The quantitative estimate of drug-likeness (QED) is 0.0273. The molecule has 15 heteroatoms. The second-order valence-corrected chi connectivity index (χ2v) is 42.4. The van der Waals surface area contributed by atoms with Gasteiger partial charge in [0.05, 0.1) is 27.5 Å². The van der Waals surface area contributed by atoms with E-state index in [1.54, 1.807) is 11.3 Å². The Kier molecular flexibility index (Phi) is 42.9. The summed E-state index contributed by atoms with van der Waals surface area (Å²) in [6, 6.07) is 80.7. The number of aliphatic hydroxyl groups is 3. The summed E-state index contributed by atoms with van der Waals surface area (Å²) < 4.78 is 7.71. The Morgan fingerprint density at radius 2 is 0.715 bits per heavy atom. The van der Waals surface area contributed by atoms with Gasteiger partial charge in [0.25, 0.3) is 0 Å². The van der Waals surface area contributed by atoms with Crippen molar-refractivity contribution >= 4 is 155 Å². The molecule has 0 aliphatic rings. The number of hydrogen-bond acceptors (Lipinski definition) is 12. The van der Waals surface area contributed by atoms with Gasteiger partial charge in [-0.25, -0.2) is 0 Å². The Labute approximate surface area is 868 Å². The molecule has 0 spiro atoms. The number of carbonyl (C=O) groups excluding carboxylic acids is 3. The van der Waals surface area contributed by atoms with Crippen molar-refractivity contribution in [3.05, 3.63) is 282 Å². The fourth-order valence-corrected chi connectivity index (χ4v) is 21.6. The third-order valence-corrected chi connectivity index (χ3v) is 29.9. The molecule has 0 saturated carbocycles. The van der Waals surface area contributed by atoms with Gasteiger partial charge in [0.15, 0.2) is 17.3 Å². The summed E-state index contributed by atoms with van der Waals surface area (Å²) in [5, 5.41) is 45.6. The number of ketones is 3. The first kappa shape index (κ1) is 113. The Morgan fingerprint density at radius 3 is 1.15 bits per heavy atom. The standard InChI is InChI=1S/C33H30NS.2C25H20NS.3C13H24O2.3Ir/c1-20(2)16-21-10-11-22-12-13-26-27-14-15-34-30(32(27)35-31(26)28(22)17-21)24-18-23-8-6-7-9-25(23)29(19-24)33(3,4)5;1-25(2,3)21-13-17(12-16-8-4-5-9-18(16)21)22-14-24-20(15-26-22)19-10-6-7-11-23(19)27-24;1-25(2,3)20-15-17(14-16-8-4-5-9-18(16)20)21-12-13-23-24(26-21)19-10-6-7-11-22(19)27-23;3*1-5-10(6-2)12(14)9-13(15)11(7-3)8-4;;;/h6-15,17,19-20H,16H2,1-5H3;4-11,13-15H,1-3H3;4-13,15H,1-3H3;3*9-11,14H,5-8H2,1-4H3;;;/q3*-1;;;;;;. The molecule has 0 saturated heterocycles. The van der Waals surface area contributed by atoms with E-state index < -0.39 is 0 Å². The number of aliphatic hydroxyl groups excluding tert-OH is 3. The number of nitrogens with zero attached hydrogens (tertiary/aromatic N) is 3. The van der Waals surface area contributed by atoms with Crippen molar-refractivity contribution in [3.63, 3.8) is 0 Å². The zero-order chi connectivity index (χ0) is 97.0. The summed E-state index contributed by atoms with van der Waals surface area (Å²) in [7, 11) is 0. The number of aromatic nitrogens is 3. The number of fused-ring (bicyclic) bond motifs is 14. The third kappa shape index (κ3) is 28.0. The van der Waals surface area contributed by atoms with Crippen LogP contribution in [-0.2, 0) is 97.4 Å². The van der Waals surface area contributed by atoms with Gasteiger partial charge in [-0.15, -0.1) is 121 Å². The first-order chi connectivity index (χ1) is 64.1. The molecule has 0 fully saturated rings. The molecule has 3 N–H and O–H groups in total. The van der Waals surface area contributed by atoms with Gasteiger partial charge < -0.3 is 15.3 Å². The van der Waals surface area contributed by atoms with E-state index in [0.29, 0.717) is 5.92 Å². The average Bonchev–Trinajstić information content (AvgIpc) is 1.57. The van der Waals surface area contributed by atoms with Crippen molar-refractivity contribution in [2.24, 2.45) is 41.4 Å². The molecular formula is C122H142Ir3N3O6S3-3. The predicted octanol–water partition coefficient (Wildman–Crippen LogP) is 36.1. The van der Waals surface area contributed by atoms with Gasteiger partial charge >= 0.3 is 0 Å². The van der Waals surface area contributed by atoms with Crippen molar-refractivity contribution in [2.75, 3.05) is 0 Å². The van der Waals surface area contributed by atoms with Crippen molar-refractivity contribution in [1.82, 2.24) is 15.0 Å². The van der Waals surface area contributed by atoms with E-state index in [0.717, 1.165) is 139 Å². The van der Waals surface area contributed by atoms with E-state index in [1.807, 2.05) is 118 Å². The zero-order valence-electron chi connectivity index (χ0n) is 84.7. The monoisotopic (exact) mass is 2420 g/mol. The topological polar surface area (TPSA) is 151 Å². The largest absolute Gasteiger partial charge is 0.512 e. The predicted molar refractivity (Wildman–Crippen MR) is 580 cm³/mol. The number of thiophene rings is 3. The summed E-state index contributed by atoms with van der Waals surface area (Å²) in [4.78, 5) is 49.9. The first-order valence-corrected chi connectivity index (χ1v) is 51.5. The Morgan fingerprint density at radius 1 is 0.343 bits per heavy atom. The van der Waals surface area contributed by atoms with Crippen LogP contribution in [0.25, 0.3) is 138 Å². The molecule has 137 heavy (non-hydrogen) atoms. The number of hydrogen-bond donors (Lipinski definition) is 3. The summed E-state index contributed by atoms with van der Waals surface area (Å²) in [6.07, 6.45) is 19.8. The van der Waals surface area contributed by atoms with Gasteiger partial charge in [0.2, 0.25) is 0 Å². The minimum Gasteiger partial charge on any atom is -0.512 e. The van der Waals surface area contributed by atoms with Crippen molar-refractivity contribution in [3.8, 4) is 33.8 Å². The number of allylic oxidation sites excluding steroid dienone is 6. The molecule has 0 aliphatic heterocycles. The Hall–Kier alpha value is -9.07. The van der Waals surface area contributed by atoms with E-state index in [1.165, 1.54) is 123 Å². The van der Waals surface area contributed by atoms with Crippen molar-refractivity contribution in [2.45, 2.75) is 259 Å². The van der Waals surface area contributed by atoms with E-state index >= 15 is 0 Å². The SMILES string of the molecule is CC(C)(C)c1cc(-c2cc3sc4ccccc4c3cn2)[c-]c2ccccc12.CC(C)(C)c1cc(-c2ccc3sc4ccccc4c3n2)[c-]c2ccccc12.CC(C)Cc1ccc2ccc3c4ccnc(-c5[c-]c6ccccc6c(C(C)(C)C)c5)c4sc3c2c1.CCC(CC)C(=O)C=C(O)C(CC)CC.CCC(CC)C(=O)C=C(O)C(CC)CC.CCC(CC)C(=O)C=C(O)C(CC)CC.[Ir].[Ir].[Ir]. The van der Waals surface area contributed by atoms with E-state index in [-0.39, 0.29) is 147 Å². The van der Waals surface area contributed by atoms with Crippen molar-refractivity contribution < 1.29 is 90.0 Å². The summed E-state index contributed by atoms with van der Waals surface area (Å²) in [6.45, 7) is 49.2. The van der Waals surface area contributed by atoms with Crippen LogP contribution >= 0.6 is 34.0 Å². The average molecular weight is 2420 g/mol. The van der Waals surface area contributed by atoms with Crippen LogP contribution in [-0.4, -0.2) is 47.6 Å². The fourth-order valence-electron chi connectivity index (χ4n) is 18.1. The van der Waals surface area contributed by atoms with Crippen LogP contribution < -0.4 is 0 Å². The van der Waals surface area contributed by atoms with Gasteiger partial charge in [-0.1, -0.05) is 319 Å². The minimum absolute atomic E-state index is 0. The van der Waals surface area contributed by atoms with Crippen LogP contribution in [0, 0.1) is 59.6 Å². The van der Waals surface area contributed by atoms with E-state index in [9.17, 15) is 29.7 Å². The normalized spacial score (nSPS) is 12.1. The molecule has 729 valence electrons. The molecule has 6 aromatic heterocycles. The maximum atomic E-state index is 11.7. The molecule has 0 aliphatic carbocycles. The molecule has 10 aromatic carbocycles. The molecular weight excluding hydrogens is 2280 g/mol. The summed E-state index contributed by atoms with van der Waals surface area (Å²) in [5.41, 5.74) is 12.9. The molecule has 6 heterocycles. The molecule has 0 amide bonds. The van der Waals surface area contributed by atoms with Crippen LogP contribution in [0.4, 0.5) is 0 Å². The molecule has 3 radical (unpaired) electrons. The second kappa shape index (κ2) is 51.9. The molecule has 16 rings (SSSR count). The van der Waals surface area contributed by atoms with Gasteiger partial charge in [-0.05, 0) is 158 Å². The molecule has 16 aromatic rings. The number of benzene rings is 10.